The van der Waals surface area contributed by atoms with E-state index in [0.29, 0.717) is 6.42 Å². The maximum atomic E-state index is 9.35. The van der Waals surface area contributed by atoms with Crippen LogP contribution in [0.15, 0.2) is 11.0 Å². The number of nitrogens with zero attached hydrogens (tertiary/aromatic N) is 1. The second-order valence-corrected chi connectivity index (χ2v) is 12.9. The summed E-state index contributed by atoms with van der Waals surface area (Å²) in [5, 5.41) is 12.6. The highest BCUT2D eigenvalue weighted by atomic mass is 32.1. The number of thiazole rings is 1. The molecule has 5 heteroatoms. The van der Waals surface area contributed by atoms with Gasteiger partial charge in [-0.3, -0.25) is 0 Å². The van der Waals surface area contributed by atoms with E-state index in [0.717, 1.165) is 16.3 Å². The molecule has 0 fully saturated rings. The summed E-state index contributed by atoms with van der Waals surface area (Å²) >= 11 is 1.65. The highest BCUT2D eigenvalue weighted by molar-refractivity contribution is 7.09. The van der Waals surface area contributed by atoms with E-state index in [-0.39, 0.29) is 17.7 Å². The minimum atomic E-state index is -1.85. The zero-order valence-corrected chi connectivity index (χ0v) is 16.2. The molecule has 3 nitrogen and oxygen atoms in total. The second-order valence-electron chi connectivity index (χ2n) is 7.06. The van der Waals surface area contributed by atoms with Crippen LogP contribution in [-0.4, -0.2) is 31.1 Å². The van der Waals surface area contributed by atoms with Gasteiger partial charge in [0.15, 0.2) is 8.32 Å². The molecule has 0 aliphatic heterocycles. The molecule has 1 atom stereocenters. The van der Waals surface area contributed by atoms with Gasteiger partial charge in [0.2, 0.25) is 0 Å². The first-order chi connectivity index (χ1) is 9.56. The van der Waals surface area contributed by atoms with Gasteiger partial charge in [-0.15, -0.1) is 11.3 Å². The molecule has 0 aromatic carbocycles. The van der Waals surface area contributed by atoms with Crippen molar-refractivity contribution in [2.75, 3.05) is 6.61 Å². The first-order valence-corrected chi connectivity index (χ1v) is 11.2. The zero-order chi connectivity index (χ0) is 16.3. The van der Waals surface area contributed by atoms with E-state index in [4.69, 9.17) is 4.43 Å². The molecular formula is C16H29NO2SSi. The fourth-order valence-corrected chi connectivity index (χ4v) is 3.74. The van der Waals surface area contributed by atoms with E-state index < -0.39 is 8.32 Å². The minimum Gasteiger partial charge on any atom is -0.410 e. The van der Waals surface area contributed by atoms with Crippen LogP contribution in [0.1, 0.15) is 44.8 Å². The van der Waals surface area contributed by atoms with Gasteiger partial charge in [0.25, 0.3) is 0 Å². The Labute approximate surface area is 134 Å². The topological polar surface area (TPSA) is 42.4 Å². The smallest absolute Gasteiger partial charge is 0.192 e. The van der Waals surface area contributed by atoms with Crippen LogP contribution in [0.4, 0.5) is 0 Å². The first kappa shape index (κ1) is 18.6. The Morgan fingerprint density at radius 2 is 2.10 bits per heavy atom. The summed E-state index contributed by atoms with van der Waals surface area (Å²) < 4.78 is 6.47. The number of aliphatic hydroxyl groups excluding tert-OH is 1. The lowest BCUT2D eigenvalue weighted by Gasteiger charge is -2.39. The second kappa shape index (κ2) is 7.18. The lowest BCUT2D eigenvalue weighted by Crippen LogP contribution is -2.44. The molecule has 0 spiro atoms. The van der Waals surface area contributed by atoms with E-state index in [1.165, 1.54) is 0 Å². The molecule has 1 rings (SSSR count). The Kier molecular flexibility index (Phi) is 6.34. The quantitative estimate of drug-likeness (QED) is 0.775. The summed E-state index contributed by atoms with van der Waals surface area (Å²) in [5.74, 6) is 0. The van der Waals surface area contributed by atoms with E-state index in [9.17, 15) is 5.11 Å². The standard InChI is InChI=1S/C16H29NO2SSi/c1-12(10-14-11-20-13(2)17-14)15(8-9-18)19-21(6,7)16(3,4)5/h10-11,15,18H,8-9H2,1-7H3/b12-10+. The molecule has 1 heterocycles. The summed E-state index contributed by atoms with van der Waals surface area (Å²) in [6.45, 7) is 15.4. The van der Waals surface area contributed by atoms with Crippen LogP contribution in [0.25, 0.3) is 6.08 Å². The predicted octanol–water partition coefficient (Wildman–Crippen LogP) is 4.63. The molecule has 0 saturated carbocycles. The molecule has 0 saturated heterocycles. The first-order valence-electron chi connectivity index (χ1n) is 7.46. The van der Waals surface area contributed by atoms with Gasteiger partial charge in [0, 0.05) is 12.0 Å². The molecule has 21 heavy (non-hydrogen) atoms. The number of aryl methyl sites for hydroxylation is 1. The zero-order valence-electron chi connectivity index (χ0n) is 14.4. The molecule has 1 N–H and O–H groups in total. The fraction of sp³-hybridized carbons (Fsp3) is 0.688. The van der Waals surface area contributed by atoms with Crippen molar-refractivity contribution in [1.82, 2.24) is 4.98 Å². The average molecular weight is 328 g/mol. The number of hydrogen-bond donors (Lipinski definition) is 1. The van der Waals surface area contributed by atoms with Crippen LogP contribution in [0.2, 0.25) is 18.1 Å². The van der Waals surface area contributed by atoms with Crippen LogP contribution >= 0.6 is 11.3 Å². The van der Waals surface area contributed by atoms with Gasteiger partial charge in [0.05, 0.1) is 16.8 Å². The summed E-state index contributed by atoms with van der Waals surface area (Å²) in [5.41, 5.74) is 2.12. The third-order valence-electron chi connectivity index (χ3n) is 4.15. The van der Waals surface area contributed by atoms with Crippen molar-refractivity contribution < 1.29 is 9.53 Å². The van der Waals surface area contributed by atoms with Gasteiger partial charge in [-0.2, -0.15) is 0 Å². The monoisotopic (exact) mass is 327 g/mol. The SMILES string of the molecule is C/C(=C\c1csc(C)n1)C(CCO)O[Si](C)(C)C(C)(C)C. The Morgan fingerprint density at radius 3 is 2.52 bits per heavy atom. The van der Waals surface area contributed by atoms with Crippen LogP contribution in [0.3, 0.4) is 0 Å². The van der Waals surface area contributed by atoms with Crippen LogP contribution < -0.4 is 0 Å². The molecule has 0 radical (unpaired) electrons. The van der Waals surface area contributed by atoms with Crippen molar-refractivity contribution in [2.24, 2.45) is 0 Å². The molecule has 1 unspecified atom stereocenters. The summed E-state index contributed by atoms with van der Waals surface area (Å²) in [4.78, 5) is 4.47. The van der Waals surface area contributed by atoms with Crippen LogP contribution in [0, 0.1) is 6.92 Å². The minimum absolute atomic E-state index is 0.0297. The molecule has 0 bridgehead atoms. The van der Waals surface area contributed by atoms with Crippen molar-refractivity contribution in [3.63, 3.8) is 0 Å². The molecule has 1 aromatic heterocycles. The third kappa shape index (κ3) is 5.33. The Balaban J connectivity index is 2.93. The molecule has 120 valence electrons. The highest BCUT2D eigenvalue weighted by Crippen LogP contribution is 2.38. The van der Waals surface area contributed by atoms with E-state index in [1.807, 2.05) is 6.92 Å². The maximum absolute atomic E-state index is 9.35. The normalized spacial score (nSPS) is 15.3. The Morgan fingerprint density at radius 1 is 1.48 bits per heavy atom. The van der Waals surface area contributed by atoms with Crippen molar-refractivity contribution >= 4 is 25.7 Å². The maximum Gasteiger partial charge on any atom is 0.192 e. The van der Waals surface area contributed by atoms with E-state index in [2.05, 4.69) is 57.2 Å². The third-order valence-corrected chi connectivity index (χ3v) is 9.43. The number of aliphatic hydroxyl groups is 1. The van der Waals surface area contributed by atoms with Crippen LogP contribution in [0.5, 0.6) is 0 Å². The summed E-state index contributed by atoms with van der Waals surface area (Å²) in [6.07, 6.45) is 2.69. The molecule has 0 amide bonds. The van der Waals surface area contributed by atoms with Crippen molar-refractivity contribution in [2.45, 2.75) is 65.3 Å². The van der Waals surface area contributed by atoms with Crippen molar-refractivity contribution in [3.05, 3.63) is 21.7 Å². The Bertz CT molecular complexity index is 489. The summed E-state index contributed by atoms with van der Waals surface area (Å²) in [6, 6.07) is 0. The summed E-state index contributed by atoms with van der Waals surface area (Å²) in [7, 11) is -1.85. The van der Waals surface area contributed by atoms with Gasteiger partial charge in [-0.1, -0.05) is 20.8 Å². The van der Waals surface area contributed by atoms with Crippen LogP contribution in [-0.2, 0) is 4.43 Å². The highest BCUT2D eigenvalue weighted by Gasteiger charge is 2.39. The number of rotatable bonds is 6. The predicted molar refractivity (Wildman–Crippen MR) is 94.3 cm³/mol. The lowest BCUT2D eigenvalue weighted by molar-refractivity contribution is 0.166. The molecular weight excluding hydrogens is 298 g/mol. The van der Waals surface area contributed by atoms with Gasteiger partial charge < -0.3 is 9.53 Å². The number of aromatic nitrogens is 1. The molecule has 0 aliphatic carbocycles. The number of hydrogen-bond acceptors (Lipinski definition) is 4. The van der Waals surface area contributed by atoms with Gasteiger partial charge in [0.1, 0.15) is 0 Å². The van der Waals surface area contributed by atoms with Crippen molar-refractivity contribution in [1.29, 1.82) is 0 Å². The van der Waals surface area contributed by atoms with Gasteiger partial charge in [-0.05, 0) is 50.0 Å². The largest absolute Gasteiger partial charge is 0.410 e. The molecule has 1 aromatic rings. The van der Waals surface area contributed by atoms with Gasteiger partial charge in [-0.25, -0.2) is 4.98 Å². The lowest BCUT2D eigenvalue weighted by atomic mass is 10.1. The van der Waals surface area contributed by atoms with Gasteiger partial charge >= 0.3 is 0 Å². The van der Waals surface area contributed by atoms with Crippen molar-refractivity contribution in [3.8, 4) is 0 Å². The fourth-order valence-electron chi connectivity index (χ4n) is 1.80. The average Bonchev–Trinajstić information content (AvgIpc) is 2.72. The van der Waals surface area contributed by atoms with E-state index in [1.54, 1.807) is 11.3 Å². The van der Waals surface area contributed by atoms with E-state index >= 15 is 0 Å². The molecule has 0 aliphatic rings. The Hall–Kier alpha value is -0.493.